The Labute approximate surface area is 216 Å². The molecule has 0 fully saturated rings. The van der Waals surface area contributed by atoms with Gasteiger partial charge in [-0.3, -0.25) is 9.59 Å². The van der Waals surface area contributed by atoms with Crippen molar-refractivity contribution >= 4 is 45.0 Å². The second kappa shape index (κ2) is 11.6. The molecule has 4 rings (SSSR count). The normalized spacial score (nSPS) is 10.8. The lowest BCUT2D eigenvalue weighted by Crippen LogP contribution is -2.27. The number of anilines is 1. The third-order valence-electron chi connectivity index (χ3n) is 5.37. The molecule has 190 valence electrons. The zero-order valence-electron chi connectivity index (χ0n) is 20.4. The number of carbonyl (C=O) groups is 3. The number of esters is 2. The third-order valence-corrected chi connectivity index (χ3v) is 6.47. The maximum atomic E-state index is 12.9. The Kier molecular flexibility index (Phi) is 8.09. The van der Waals surface area contributed by atoms with Crippen LogP contribution in [0.1, 0.15) is 41.1 Å². The van der Waals surface area contributed by atoms with Crippen LogP contribution in [-0.4, -0.2) is 40.8 Å². The number of hydrogen-bond acceptors (Lipinski definition) is 8. The highest BCUT2D eigenvalue weighted by molar-refractivity contribution is 7.20. The van der Waals surface area contributed by atoms with Crippen molar-refractivity contribution in [2.24, 2.45) is 0 Å². The van der Waals surface area contributed by atoms with E-state index in [0.29, 0.717) is 28.7 Å². The number of aryl methyl sites for hydroxylation is 1. The maximum absolute atomic E-state index is 12.9. The topological polar surface area (TPSA) is 117 Å². The first-order chi connectivity index (χ1) is 17.9. The summed E-state index contributed by atoms with van der Waals surface area (Å²) in [7, 11) is 0. The van der Waals surface area contributed by atoms with Gasteiger partial charge in [0, 0.05) is 16.8 Å². The fraction of sp³-hybridized carbons (Fsp3) is 0.222. The summed E-state index contributed by atoms with van der Waals surface area (Å²) in [5.41, 5.74) is 0.742. The van der Waals surface area contributed by atoms with Crippen LogP contribution < -0.4 is 10.9 Å². The lowest BCUT2D eigenvalue weighted by Gasteiger charge is -2.10. The van der Waals surface area contributed by atoms with Crippen LogP contribution in [0.4, 0.5) is 5.00 Å². The van der Waals surface area contributed by atoms with Crippen LogP contribution in [0.2, 0.25) is 0 Å². The van der Waals surface area contributed by atoms with E-state index in [9.17, 15) is 19.2 Å². The van der Waals surface area contributed by atoms with Gasteiger partial charge in [-0.2, -0.15) is 5.10 Å². The summed E-state index contributed by atoms with van der Waals surface area (Å²) in [5, 5.41) is 7.82. The van der Waals surface area contributed by atoms with Gasteiger partial charge in [-0.1, -0.05) is 55.5 Å². The largest absolute Gasteiger partial charge is 0.462 e. The van der Waals surface area contributed by atoms with E-state index >= 15 is 0 Å². The number of amides is 1. The second-order valence-corrected chi connectivity index (χ2v) is 9.04. The Bertz CT molecular complexity index is 1510. The summed E-state index contributed by atoms with van der Waals surface area (Å²) in [6.45, 7) is 3.50. The van der Waals surface area contributed by atoms with Crippen molar-refractivity contribution in [2.75, 3.05) is 18.5 Å². The molecule has 2 aromatic carbocycles. The minimum atomic E-state index is -0.835. The number of hydrogen-bond donors (Lipinski definition) is 1. The van der Waals surface area contributed by atoms with Gasteiger partial charge < -0.3 is 14.8 Å². The summed E-state index contributed by atoms with van der Waals surface area (Å²) < 4.78 is 11.6. The van der Waals surface area contributed by atoms with Gasteiger partial charge in [-0.15, -0.1) is 11.3 Å². The number of rotatable bonds is 9. The molecule has 0 bridgehead atoms. The minimum absolute atomic E-state index is 0.0499. The van der Waals surface area contributed by atoms with E-state index in [2.05, 4.69) is 10.4 Å². The quantitative estimate of drug-likeness (QED) is 0.324. The Morgan fingerprint density at radius 3 is 2.35 bits per heavy atom. The minimum Gasteiger partial charge on any atom is -0.462 e. The van der Waals surface area contributed by atoms with Crippen LogP contribution in [0, 0.1) is 0 Å². The molecule has 0 atom stereocenters. The molecule has 10 heteroatoms. The fourth-order valence-corrected chi connectivity index (χ4v) is 4.77. The highest BCUT2D eigenvalue weighted by Crippen LogP contribution is 2.36. The molecule has 0 radical (unpaired) electrons. The smallest absolute Gasteiger partial charge is 0.359 e. The van der Waals surface area contributed by atoms with Crippen molar-refractivity contribution in [2.45, 2.75) is 26.8 Å². The lowest BCUT2D eigenvalue weighted by molar-refractivity contribution is -0.119. The third kappa shape index (κ3) is 5.75. The standard InChI is InChI=1S/C27H25N3O6S/c1-3-14-30-25(32)19-13-9-8-12-18(19)23(29-30)27(34)36-16-22(31)28-24-20(26(33)35-4-2)15-21(37-24)17-10-6-5-7-11-17/h5-13,15H,3-4,14,16H2,1-2H3,(H,28,31). The molecular weight excluding hydrogens is 494 g/mol. The highest BCUT2D eigenvalue weighted by Gasteiger charge is 2.22. The van der Waals surface area contributed by atoms with E-state index in [0.717, 1.165) is 10.4 Å². The van der Waals surface area contributed by atoms with Gasteiger partial charge in [0.25, 0.3) is 11.5 Å². The molecule has 1 N–H and O–H groups in total. The number of ether oxygens (including phenoxy) is 2. The molecule has 2 heterocycles. The van der Waals surface area contributed by atoms with Gasteiger partial charge in [-0.05, 0) is 31.0 Å². The maximum Gasteiger partial charge on any atom is 0.359 e. The van der Waals surface area contributed by atoms with Crippen LogP contribution in [-0.2, 0) is 20.8 Å². The zero-order chi connectivity index (χ0) is 26.4. The number of nitrogens with one attached hydrogen (secondary N) is 1. The molecule has 4 aromatic rings. The van der Waals surface area contributed by atoms with E-state index in [1.807, 2.05) is 37.3 Å². The molecule has 0 saturated heterocycles. The van der Waals surface area contributed by atoms with Crippen molar-refractivity contribution in [1.82, 2.24) is 9.78 Å². The van der Waals surface area contributed by atoms with Gasteiger partial charge in [0.1, 0.15) is 5.00 Å². The molecule has 0 saturated carbocycles. The second-order valence-electron chi connectivity index (χ2n) is 7.99. The van der Waals surface area contributed by atoms with Crippen LogP contribution in [0.25, 0.3) is 21.2 Å². The fourth-order valence-electron chi connectivity index (χ4n) is 3.70. The van der Waals surface area contributed by atoms with Crippen molar-refractivity contribution in [3.05, 3.63) is 82.3 Å². The monoisotopic (exact) mass is 519 g/mol. The number of nitrogens with zero attached hydrogens (tertiary/aromatic N) is 2. The van der Waals surface area contributed by atoms with Gasteiger partial charge in [0.05, 0.1) is 17.6 Å². The summed E-state index contributed by atoms with van der Waals surface area (Å²) in [4.78, 5) is 51.5. The van der Waals surface area contributed by atoms with Crippen LogP contribution >= 0.6 is 11.3 Å². The van der Waals surface area contributed by atoms with Crippen LogP contribution in [0.5, 0.6) is 0 Å². The summed E-state index contributed by atoms with van der Waals surface area (Å²) in [6.07, 6.45) is 0.650. The number of carbonyl (C=O) groups excluding carboxylic acids is 3. The van der Waals surface area contributed by atoms with Gasteiger partial charge in [-0.25, -0.2) is 14.3 Å². The van der Waals surface area contributed by atoms with Crippen molar-refractivity contribution in [3.8, 4) is 10.4 Å². The van der Waals surface area contributed by atoms with Crippen LogP contribution in [0.15, 0.2) is 65.5 Å². The molecule has 0 aliphatic heterocycles. The number of thiophene rings is 1. The predicted octanol–water partition coefficient (Wildman–Crippen LogP) is 4.51. The van der Waals surface area contributed by atoms with Crippen molar-refractivity contribution in [1.29, 1.82) is 0 Å². The first-order valence-corrected chi connectivity index (χ1v) is 12.6. The average Bonchev–Trinajstić information content (AvgIpc) is 3.33. The van der Waals surface area contributed by atoms with Gasteiger partial charge >= 0.3 is 11.9 Å². The molecule has 9 nitrogen and oxygen atoms in total. The Hall–Kier alpha value is -4.31. The molecule has 0 unspecified atom stereocenters. The Morgan fingerprint density at radius 2 is 1.65 bits per heavy atom. The average molecular weight is 520 g/mol. The predicted molar refractivity (Wildman–Crippen MR) is 141 cm³/mol. The molecular formula is C27H25N3O6S. The first-order valence-electron chi connectivity index (χ1n) is 11.8. The van der Waals surface area contributed by atoms with E-state index in [1.165, 1.54) is 16.0 Å². The Balaban J connectivity index is 1.53. The molecule has 37 heavy (non-hydrogen) atoms. The lowest BCUT2D eigenvalue weighted by atomic mass is 10.1. The number of fused-ring (bicyclic) bond motifs is 1. The summed E-state index contributed by atoms with van der Waals surface area (Å²) in [6, 6.07) is 17.7. The van der Waals surface area contributed by atoms with Crippen LogP contribution in [0.3, 0.4) is 0 Å². The SMILES string of the molecule is CCCn1nc(C(=O)OCC(=O)Nc2sc(-c3ccccc3)cc2C(=O)OCC)c2ccccc2c1=O. The summed E-state index contributed by atoms with van der Waals surface area (Å²) in [5.74, 6) is -2.04. The van der Waals surface area contributed by atoms with E-state index in [-0.39, 0.29) is 23.4 Å². The molecule has 0 aliphatic rings. The number of benzene rings is 2. The number of aromatic nitrogens is 2. The Morgan fingerprint density at radius 1 is 0.946 bits per heavy atom. The van der Waals surface area contributed by atoms with E-state index < -0.39 is 24.5 Å². The van der Waals surface area contributed by atoms with Gasteiger partial charge in [0.2, 0.25) is 0 Å². The summed E-state index contributed by atoms with van der Waals surface area (Å²) >= 11 is 1.21. The highest BCUT2D eigenvalue weighted by atomic mass is 32.1. The van der Waals surface area contributed by atoms with E-state index in [4.69, 9.17) is 9.47 Å². The van der Waals surface area contributed by atoms with E-state index in [1.54, 1.807) is 37.3 Å². The van der Waals surface area contributed by atoms with Crippen molar-refractivity contribution < 1.29 is 23.9 Å². The van der Waals surface area contributed by atoms with Gasteiger partial charge in [0.15, 0.2) is 12.3 Å². The molecule has 0 aliphatic carbocycles. The first kappa shape index (κ1) is 25.8. The molecule has 0 spiro atoms. The molecule has 1 amide bonds. The zero-order valence-corrected chi connectivity index (χ0v) is 21.2. The van der Waals surface area contributed by atoms with Crippen molar-refractivity contribution in [3.63, 3.8) is 0 Å². The molecule has 2 aromatic heterocycles.